The van der Waals surface area contributed by atoms with Crippen molar-refractivity contribution < 1.29 is 4.74 Å². The van der Waals surface area contributed by atoms with Gasteiger partial charge in [0.15, 0.2) is 0 Å². The largest absolute Gasteiger partial charge is 0.496 e. The number of ether oxygens (including phenoxy) is 1. The lowest BCUT2D eigenvalue weighted by molar-refractivity contribution is -0.107. The highest BCUT2D eigenvalue weighted by Gasteiger charge is 2.64. The molecule has 3 aliphatic rings. The zero-order valence-electron chi connectivity index (χ0n) is 21.9. The number of piperidine rings is 3. The van der Waals surface area contributed by atoms with Crippen LogP contribution in [-0.4, -0.2) is 30.6 Å². The molecule has 3 aromatic carbocycles. The second-order valence-electron chi connectivity index (χ2n) is 11.7. The molecule has 3 heteroatoms. The standard InChI is InChI=1S/C32H40N2O/c1-30(2,3)26-16-17-28(35-5)27(22-26)32(33)25-18-20-34(21-19-25)31(32,4)29(23-12-8-6-9-13-23)24-14-10-7-11-15-24/h6-17,22,25,29H,18-21,33H2,1-5H3. The molecule has 3 fully saturated rings. The Labute approximate surface area is 211 Å². The van der Waals surface area contributed by atoms with Gasteiger partial charge in [-0.25, -0.2) is 0 Å². The topological polar surface area (TPSA) is 38.5 Å². The summed E-state index contributed by atoms with van der Waals surface area (Å²) >= 11 is 0. The lowest BCUT2D eigenvalue weighted by Gasteiger charge is -2.66. The first-order valence-electron chi connectivity index (χ1n) is 13.0. The van der Waals surface area contributed by atoms with Crippen molar-refractivity contribution in [3.05, 3.63) is 101 Å². The van der Waals surface area contributed by atoms with Crippen molar-refractivity contribution in [1.82, 2.24) is 4.90 Å². The summed E-state index contributed by atoms with van der Waals surface area (Å²) in [5, 5.41) is 0. The van der Waals surface area contributed by atoms with Crippen molar-refractivity contribution in [2.45, 2.75) is 62.9 Å². The number of fused-ring (bicyclic) bond motifs is 3. The lowest BCUT2D eigenvalue weighted by Crippen LogP contribution is -2.76. The zero-order valence-corrected chi connectivity index (χ0v) is 21.9. The zero-order chi connectivity index (χ0) is 24.8. The van der Waals surface area contributed by atoms with Gasteiger partial charge in [-0.1, -0.05) is 87.5 Å². The fourth-order valence-corrected chi connectivity index (χ4v) is 7.02. The van der Waals surface area contributed by atoms with Gasteiger partial charge in [0.2, 0.25) is 0 Å². The normalized spacial score (nSPS) is 28.3. The van der Waals surface area contributed by atoms with Crippen LogP contribution in [0.1, 0.15) is 68.7 Å². The third-order valence-corrected chi connectivity index (χ3v) is 8.97. The Morgan fingerprint density at radius 3 is 1.91 bits per heavy atom. The van der Waals surface area contributed by atoms with Gasteiger partial charge in [-0.15, -0.1) is 0 Å². The van der Waals surface area contributed by atoms with Gasteiger partial charge < -0.3 is 10.5 Å². The molecular formula is C32H40N2O. The van der Waals surface area contributed by atoms with Crippen LogP contribution < -0.4 is 10.5 Å². The van der Waals surface area contributed by atoms with E-state index in [-0.39, 0.29) is 16.9 Å². The first-order valence-corrected chi connectivity index (χ1v) is 13.0. The Kier molecular flexibility index (Phi) is 6.05. The summed E-state index contributed by atoms with van der Waals surface area (Å²) in [5.41, 5.74) is 12.1. The minimum atomic E-state index is -0.577. The molecule has 35 heavy (non-hydrogen) atoms. The quantitative estimate of drug-likeness (QED) is 0.467. The summed E-state index contributed by atoms with van der Waals surface area (Å²) in [6.45, 7) is 11.4. The molecule has 2 N–H and O–H groups in total. The number of nitrogens with zero attached hydrogens (tertiary/aromatic N) is 1. The second-order valence-corrected chi connectivity index (χ2v) is 11.7. The van der Waals surface area contributed by atoms with Gasteiger partial charge in [-0.2, -0.15) is 0 Å². The molecule has 0 spiro atoms. The highest BCUT2D eigenvalue weighted by atomic mass is 16.5. The van der Waals surface area contributed by atoms with Crippen LogP contribution in [0.3, 0.4) is 0 Å². The molecule has 6 rings (SSSR count). The monoisotopic (exact) mass is 468 g/mol. The maximum atomic E-state index is 7.89. The molecule has 0 aromatic heterocycles. The third kappa shape index (κ3) is 3.72. The van der Waals surface area contributed by atoms with Crippen LogP contribution in [0.25, 0.3) is 0 Å². The number of nitrogens with two attached hydrogens (primary N) is 1. The molecule has 0 amide bonds. The van der Waals surface area contributed by atoms with Crippen LogP contribution in [0, 0.1) is 5.92 Å². The van der Waals surface area contributed by atoms with E-state index < -0.39 is 5.54 Å². The van der Waals surface area contributed by atoms with E-state index in [1.54, 1.807) is 7.11 Å². The lowest BCUT2D eigenvalue weighted by atomic mass is 9.52. The smallest absolute Gasteiger partial charge is 0.124 e. The fourth-order valence-electron chi connectivity index (χ4n) is 7.02. The molecular weight excluding hydrogens is 428 g/mol. The molecule has 2 atom stereocenters. The molecule has 184 valence electrons. The van der Waals surface area contributed by atoms with Crippen molar-refractivity contribution in [2.24, 2.45) is 11.7 Å². The summed E-state index contributed by atoms with van der Waals surface area (Å²) in [6.07, 6.45) is 2.23. The van der Waals surface area contributed by atoms with Gasteiger partial charge in [0.1, 0.15) is 5.75 Å². The molecule has 0 saturated carbocycles. The van der Waals surface area contributed by atoms with E-state index in [0.717, 1.165) is 37.2 Å². The molecule has 3 heterocycles. The predicted octanol–water partition coefficient (Wildman–Crippen LogP) is 6.46. The van der Waals surface area contributed by atoms with Gasteiger partial charge in [0.25, 0.3) is 0 Å². The molecule has 0 aliphatic carbocycles. The summed E-state index contributed by atoms with van der Waals surface area (Å²) in [7, 11) is 1.78. The SMILES string of the molecule is COc1ccc(C(C)(C)C)cc1C1(N)C2CCN(CC2)C1(C)C(c1ccccc1)c1ccccc1. The van der Waals surface area contributed by atoms with Crippen LogP contribution in [0.15, 0.2) is 78.9 Å². The summed E-state index contributed by atoms with van der Waals surface area (Å²) in [5.74, 6) is 1.41. The number of hydrogen-bond donors (Lipinski definition) is 1. The van der Waals surface area contributed by atoms with E-state index in [2.05, 4.69) is 111 Å². The number of rotatable bonds is 5. The Hall–Kier alpha value is -2.62. The van der Waals surface area contributed by atoms with E-state index in [1.165, 1.54) is 16.7 Å². The Morgan fingerprint density at radius 1 is 0.886 bits per heavy atom. The average molecular weight is 469 g/mol. The van der Waals surface area contributed by atoms with Crippen LogP contribution in [0.2, 0.25) is 0 Å². The van der Waals surface area contributed by atoms with Gasteiger partial charge in [0, 0.05) is 11.5 Å². The first-order chi connectivity index (χ1) is 16.7. The van der Waals surface area contributed by atoms with Crippen molar-refractivity contribution in [2.75, 3.05) is 20.2 Å². The van der Waals surface area contributed by atoms with Crippen molar-refractivity contribution in [3.8, 4) is 5.75 Å². The summed E-state index contributed by atoms with van der Waals surface area (Å²) in [6, 6.07) is 28.6. The van der Waals surface area contributed by atoms with Gasteiger partial charge >= 0.3 is 0 Å². The molecule has 3 nitrogen and oxygen atoms in total. The predicted molar refractivity (Wildman–Crippen MR) is 145 cm³/mol. The maximum Gasteiger partial charge on any atom is 0.124 e. The van der Waals surface area contributed by atoms with E-state index in [1.807, 2.05) is 0 Å². The number of methoxy groups -OCH3 is 1. The highest BCUT2D eigenvalue weighted by Crippen LogP contribution is 2.59. The van der Waals surface area contributed by atoms with Crippen LogP contribution in [-0.2, 0) is 11.0 Å². The number of hydrogen-bond acceptors (Lipinski definition) is 3. The number of benzene rings is 3. The van der Waals surface area contributed by atoms with Crippen LogP contribution in [0.4, 0.5) is 0 Å². The van der Waals surface area contributed by atoms with Crippen LogP contribution in [0.5, 0.6) is 5.75 Å². The second kappa shape index (κ2) is 8.80. The first kappa shape index (κ1) is 24.1. The molecule has 3 aromatic rings. The minimum absolute atomic E-state index is 0.0278. The molecule has 3 saturated heterocycles. The van der Waals surface area contributed by atoms with Gasteiger partial charge in [-0.05, 0) is 73.0 Å². The van der Waals surface area contributed by atoms with Gasteiger partial charge in [-0.3, -0.25) is 4.90 Å². The van der Waals surface area contributed by atoms with Crippen LogP contribution >= 0.6 is 0 Å². The van der Waals surface area contributed by atoms with Gasteiger partial charge in [0.05, 0.1) is 18.2 Å². The molecule has 2 unspecified atom stereocenters. The highest BCUT2D eigenvalue weighted by molar-refractivity contribution is 5.51. The minimum Gasteiger partial charge on any atom is -0.496 e. The third-order valence-electron chi connectivity index (χ3n) is 8.97. The Balaban J connectivity index is 1.80. The summed E-state index contributed by atoms with van der Waals surface area (Å²) < 4.78 is 6.03. The molecule has 2 bridgehead atoms. The van der Waals surface area contributed by atoms with E-state index in [9.17, 15) is 0 Å². The van der Waals surface area contributed by atoms with Crippen molar-refractivity contribution >= 4 is 0 Å². The fraction of sp³-hybridized carbons (Fsp3) is 0.438. The van der Waals surface area contributed by atoms with E-state index in [0.29, 0.717) is 5.92 Å². The summed E-state index contributed by atoms with van der Waals surface area (Å²) in [4.78, 5) is 2.68. The van der Waals surface area contributed by atoms with Crippen molar-refractivity contribution in [1.29, 1.82) is 0 Å². The Morgan fingerprint density at radius 2 is 1.43 bits per heavy atom. The van der Waals surface area contributed by atoms with E-state index >= 15 is 0 Å². The molecule has 0 radical (unpaired) electrons. The maximum absolute atomic E-state index is 7.89. The van der Waals surface area contributed by atoms with E-state index in [4.69, 9.17) is 10.5 Å². The molecule has 3 aliphatic heterocycles. The average Bonchev–Trinajstić information content (AvgIpc) is 2.88. The van der Waals surface area contributed by atoms with Crippen molar-refractivity contribution in [3.63, 3.8) is 0 Å². The Bertz CT molecular complexity index is 1120.